The highest BCUT2D eigenvalue weighted by atomic mass is 16.5. The van der Waals surface area contributed by atoms with Crippen LogP contribution in [0.25, 0.3) is 17.0 Å². The zero-order valence-electron chi connectivity index (χ0n) is 8.03. The van der Waals surface area contributed by atoms with Gasteiger partial charge in [0.2, 0.25) is 0 Å². The first-order valence-electron chi connectivity index (χ1n) is 4.72. The number of nitrogens with zero attached hydrogens (tertiary/aromatic N) is 1. The number of allylic oxidation sites excluding steroid dienone is 1. The van der Waals surface area contributed by atoms with Crippen LogP contribution in [0.4, 0.5) is 0 Å². The summed E-state index contributed by atoms with van der Waals surface area (Å²) in [5.41, 5.74) is 2.54. The summed E-state index contributed by atoms with van der Waals surface area (Å²) in [4.78, 5) is 0. The minimum absolute atomic E-state index is 0.922. The molecule has 0 saturated carbocycles. The first kappa shape index (κ1) is 7.68. The van der Waals surface area contributed by atoms with Crippen LogP contribution in [0.15, 0.2) is 30.3 Å². The fourth-order valence-electron chi connectivity index (χ4n) is 2.00. The molecule has 0 bridgehead atoms. The molecule has 0 N–H and O–H groups in total. The summed E-state index contributed by atoms with van der Waals surface area (Å²) in [5.74, 6) is 0.922. The predicted molar refractivity (Wildman–Crippen MR) is 57.5 cm³/mol. The molecule has 0 radical (unpaired) electrons. The van der Waals surface area contributed by atoms with E-state index in [1.165, 1.54) is 16.6 Å². The lowest BCUT2D eigenvalue weighted by atomic mass is 10.2. The summed E-state index contributed by atoms with van der Waals surface area (Å²) < 4.78 is 7.51. The third-order valence-corrected chi connectivity index (χ3v) is 2.72. The van der Waals surface area contributed by atoms with Gasteiger partial charge in [-0.1, -0.05) is 6.08 Å². The number of aromatic nitrogens is 1. The van der Waals surface area contributed by atoms with Gasteiger partial charge >= 0.3 is 0 Å². The number of methoxy groups -OCH3 is 1. The third kappa shape index (κ3) is 0.909. The van der Waals surface area contributed by atoms with Crippen molar-refractivity contribution in [3.8, 4) is 5.75 Å². The fraction of sp³-hybridized carbons (Fsp3) is 0.167. The molecule has 0 saturated heterocycles. The van der Waals surface area contributed by atoms with E-state index in [1.54, 1.807) is 7.11 Å². The van der Waals surface area contributed by atoms with Gasteiger partial charge in [-0.25, -0.2) is 0 Å². The molecule has 0 spiro atoms. The molecule has 1 aliphatic heterocycles. The number of benzene rings is 1. The summed E-state index contributed by atoms with van der Waals surface area (Å²) in [5, 5.41) is 1.28. The molecule has 0 aliphatic carbocycles. The maximum Gasteiger partial charge on any atom is 0.120 e. The van der Waals surface area contributed by atoms with Crippen molar-refractivity contribution >= 4 is 17.0 Å². The summed E-state index contributed by atoms with van der Waals surface area (Å²) in [7, 11) is 1.70. The Kier molecular flexibility index (Phi) is 1.45. The Balaban J connectivity index is 2.32. The molecule has 2 heterocycles. The van der Waals surface area contributed by atoms with E-state index >= 15 is 0 Å². The molecule has 2 nitrogen and oxygen atoms in total. The van der Waals surface area contributed by atoms with Crippen LogP contribution in [0.5, 0.6) is 5.75 Å². The van der Waals surface area contributed by atoms with E-state index in [2.05, 4.69) is 34.9 Å². The van der Waals surface area contributed by atoms with Crippen molar-refractivity contribution in [2.45, 2.75) is 6.54 Å². The SMILES string of the molecule is COc1ccc2cc3n(c2c1)CC=C3. The number of hydrogen-bond donors (Lipinski definition) is 0. The normalized spacial score (nSPS) is 13.5. The van der Waals surface area contributed by atoms with Crippen molar-refractivity contribution in [3.63, 3.8) is 0 Å². The second-order valence-electron chi connectivity index (χ2n) is 3.51. The summed E-state index contributed by atoms with van der Waals surface area (Å²) in [6.45, 7) is 0.978. The van der Waals surface area contributed by atoms with Crippen LogP contribution < -0.4 is 4.74 Å². The van der Waals surface area contributed by atoms with Crippen molar-refractivity contribution < 1.29 is 4.74 Å². The molecule has 1 aromatic heterocycles. The molecule has 0 atom stereocenters. The Morgan fingerprint density at radius 3 is 3.07 bits per heavy atom. The second-order valence-corrected chi connectivity index (χ2v) is 3.51. The molecule has 2 heteroatoms. The smallest absolute Gasteiger partial charge is 0.120 e. The highest BCUT2D eigenvalue weighted by Gasteiger charge is 2.09. The maximum atomic E-state index is 5.22. The largest absolute Gasteiger partial charge is 0.497 e. The van der Waals surface area contributed by atoms with E-state index < -0.39 is 0 Å². The van der Waals surface area contributed by atoms with Crippen LogP contribution in [0.3, 0.4) is 0 Å². The minimum atomic E-state index is 0.922. The Bertz CT molecular complexity index is 522. The van der Waals surface area contributed by atoms with E-state index in [0.29, 0.717) is 0 Å². The fourth-order valence-corrected chi connectivity index (χ4v) is 2.00. The Hall–Kier alpha value is -1.70. The van der Waals surface area contributed by atoms with Gasteiger partial charge < -0.3 is 9.30 Å². The van der Waals surface area contributed by atoms with Gasteiger partial charge in [-0.05, 0) is 24.3 Å². The average Bonchev–Trinajstić information content (AvgIpc) is 2.76. The average molecular weight is 185 g/mol. The van der Waals surface area contributed by atoms with Gasteiger partial charge in [0.1, 0.15) is 5.75 Å². The van der Waals surface area contributed by atoms with Crippen LogP contribution in [0, 0.1) is 0 Å². The first-order valence-corrected chi connectivity index (χ1v) is 4.72. The van der Waals surface area contributed by atoms with Crippen LogP contribution >= 0.6 is 0 Å². The van der Waals surface area contributed by atoms with Crippen molar-refractivity contribution in [3.05, 3.63) is 36.0 Å². The van der Waals surface area contributed by atoms with Gasteiger partial charge in [0.25, 0.3) is 0 Å². The molecule has 0 fully saturated rings. The van der Waals surface area contributed by atoms with Crippen LogP contribution in [-0.2, 0) is 6.54 Å². The highest BCUT2D eigenvalue weighted by molar-refractivity contribution is 5.85. The van der Waals surface area contributed by atoms with Crippen molar-refractivity contribution in [2.75, 3.05) is 7.11 Å². The number of fused-ring (bicyclic) bond motifs is 3. The Morgan fingerprint density at radius 1 is 1.29 bits per heavy atom. The molecule has 3 rings (SSSR count). The van der Waals surface area contributed by atoms with E-state index in [4.69, 9.17) is 4.74 Å². The summed E-state index contributed by atoms with van der Waals surface area (Å²) >= 11 is 0. The zero-order valence-corrected chi connectivity index (χ0v) is 8.03. The van der Waals surface area contributed by atoms with E-state index in [-0.39, 0.29) is 0 Å². The van der Waals surface area contributed by atoms with E-state index in [0.717, 1.165) is 12.3 Å². The molecule has 1 aromatic carbocycles. The topological polar surface area (TPSA) is 14.2 Å². The maximum absolute atomic E-state index is 5.22. The van der Waals surface area contributed by atoms with Crippen LogP contribution in [0.2, 0.25) is 0 Å². The quantitative estimate of drug-likeness (QED) is 0.666. The van der Waals surface area contributed by atoms with E-state index in [9.17, 15) is 0 Å². The predicted octanol–water partition coefficient (Wildman–Crippen LogP) is 2.68. The zero-order chi connectivity index (χ0) is 9.54. The third-order valence-electron chi connectivity index (χ3n) is 2.72. The number of ether oxygens (including phenoxy) is 1. The van der Waals surface area contributed by atoms with Crippen molar-refractivity contribution in [1.82, 2.24) is 4.57 Å². The summed E-state index contributed by atoms with van der Waals surface area (Å²) in [6.07, 6.45) is 4.33. The molecule has 14 heavy (non-hydrogen) atoms. The highest BCUT2D eigenvalue weighted by Crippen LogP contribution is 2.27. The number of hydrogen-bond acceptors (Lipinski definition) is 1. The molecule has 0 unspecified atom stereocenters. The van der Waals surface area contributed by atoms with Gasteiger partial charge in [0.15, 0.2) is 0 Å². The summed E-state index contributed by atoms with van der Waals surface area (Å²) in [6, 6.07) is 8.40. The monoisotopic (exact) mass is 185 g/mol. The van der Waals surface area contributed by atoms with Gasteiger partial charge in [-0.15, -0.1) is 0 Å². The lowest BCUT2D eigenvalue weighted by molar-refractivity contribution is 0.415. The van der Waals surface area contributed by atoms with Gasteiger partial charge in [-0.2, -0.15) is 0 Å². The van der Waals surface area contributed by atoms with Gasteiger partial charge in [0.05, 0.1) is 12.6 Å². The lowest BCUT2D eigenvalue weighted by Gasteiger charge is -2.02. The van der Waals surface area contributed by atoms with Crippen molar-refractivity contribution in [2.24, 2.45) is 0 Å². The first-order chi connectivity index (χ1) is 6.88. The van der Waals surface area contributed by atoms with Crippen molar-refractivity contribution in [1.29, 1.82) is 0 Å². The molecule has 1 aliphatic rings. The van der Waals surface area contributed by atoms with Gasteiger partial charge in [-0.3, -0.25) is 0 Å². The molecular weight excluding hydrogens is 174 g/mol. The Morgan fingerprint density at radius 2 is 2.21 bits per heavy atom. The Labute approximate surface area is 82.4 Å². The van der Waals surface area contributed by atoms with Gasteiger partial charge in [0, 0.05) is 23.7 Å². The molecule has 70 valence electrons. The number of rotatable bonds is 1. The lowest BCUT2D eigenvalue weighted by Crippen LogP contribution is -1.91. The van der Waals surface area contributed by atoms with E-state index in [1.807, 2.05) is 6.07 Å². The van der Waals surface area contributed by atoms with Crippen LogP contribution in [-0.4, -0.2) is 11.7 Å². The molecule has 2 aromatic rings. The molecular formula is C12H11NO. The molecule has 0 amide bonds. The van der Waals surface area contributed by atoms with Crippen LogP contribution in [0.1, 0.15) is 5.69 Å². The standard InChI is InChI=1S/C12H11NO/c1-14-11-5-4-9-7-10-3-2-6-13(10)12(9)8-11/h2-5,7-8H,6H2,1H3. The second kappa shape index (κ2) is 2.64. The minimum Gasteiger partial charge on any atom is -0.497 e.